The first-order chi connectivity index (χ1) is 26.2. The van der Waals surface area contributed by atoms with Crippen LogP contribution in [0.2, 0.25) is 0 Å². The number of rotatable bonds is 9. The Morgan fingerprint density at radius 1 is 0.750 bits per heavy atom. The van der Waals surface area contributed by atoms with Gasteiger partial charge in [-0.3, -0.25) is 4.18 Å². The smallest absolute Gasteiger partial charge is 0.410 e. The van der Waals surface area contributed by atoms with Gasteiger partial charge in [-0.25, -0.2) is 19.2 Å². The molecule has 308 valence electrons. The van der Waals surface area contributed by atoms with Crippen molar-refractivity contribution in [3.8, 4) is 0 Å². The van der Waals surface area contributed by atoms with E-state index in [2.05, 4.69) is 20.7 Å². The number of likely N-dealkylation sites (tertiary alicyclic amines) is 2. The molecule has 0 aromatic heterocycles. The van der Waals surface area contributed by atoms with E-state index in [1.807, 2.05) is 60.7 Å². The summed E-state index contributed by atoms with van der Waals surface area (Å²) in [5, 5.41) is 9.03. The van der Waals surface area contributed by atoms with Crippen LogP contribution in [0, 0.1) is 0 Å². The highest BCUT2D eigenvalue weighted by Crippen LogP contribution is 2.20. The zero-order valence-corrected chi connectivity index (χ0v) is 33.7. The summed E-state index contributed by atoms with van der Waals surface area (Å²) in [5.41, 5.74) is 9.11. The first-order valence-electron chi connectivity index (χ1n) is 18.0. The van der Waals surface area contributed by atoms with Crippen LogP contribution in [0.5, 0.6) is 0 Å². The van der Waals surface area contributed by atoms with Gasteiger partial charge in [0.25, 0.3) is 10.1 Å². The molecule has 0 saturated carbocycles. The lowest BCUT2D eigenvalue weighted by Gasteiger charge is -2.37. The molecule has 2 aromatic carbocycles. The number of piperidine rings is 2. The van der Waals surface area contributed by atoms with Crippen molar-refractivity contribution in [2.24, 2.45) is 5.11 Å². The maximum atomic E-state index is 12.4. The summed E-state index contributed by atoms with van der Waals surface area (Å²) in [7, 11) is -3.74. The van der Waals surface area contributed by atoms with Gasteiger partial charge in [0.1, 0.15) is 30.5 Å². The molecule has 4 rings (SSSR count). The van der Waals surface area contributed by atoms with Crippen molar-refractivity contribution in [1.29, 1.82) is 0 Å². The van der Waals surface area contributed by atoms with E-state index in [4.69, 9.17) is 28.7 Å². The van der Waals surface area contributed by atoms with Crippen molar-refractivity contribution < 1.29 is 50.7 Å². The Kier molecular flexibility index (Phi) is 16.6. The number of benzene rings is 2. The number of hydrogen-bond acceptors (Lipinski definition) is 12. The number of carbonyl (C=O) groups excluding carboxylic acids is 4. The Balaban J connectivity index is 0.000000301. The maximum Gasteiger partial charge on any atom is 0.410 e. The Morgan fingerprint density at radius 2 is 1.18 bits per heavy atom. The van der Waals surface area contributed by atoms with Crippen molar-refractivity contribution in [1.82, 2.24) is 20.4 Å². The molecule has 19 heteroatoms. The molecule has 18 nitrogen and oxygen atoms in total. The minimum atomic E-state index is -3.74. The van der Waals surface area contributed by atoms with Gasteiger partial charge in [-0.1, -0.05) is 65.8 Å². The van der Waals surface area contributed by atoms with Gasteiger partial charge in [0.2, 0.25) is 0 Å². The van der Waals surface area contributed by atoms with Crippen LogP contribution in [0.1, 0.15) is 65.5 Å². The second kappa shape index (κ2) is 20.6. The topological polar surface area (TPSA) is 228 Å². The highest BCUT2D eigenvalue weighted by Gasteiger charge is 2.37. The number of amides is 4. The number of carbonyl (C=O) groups is 4. The lowest BCUT2D eigenvalue weighted by molar-refractivity contribution is 0.0263. The SMILES string of the molecule is CC(C)(C)OC(=O)N[C@@H]1CN(C(=O)OCc2ccccc2)CC[C@@H]1N=[N+]=[N-].CC(C)(C)OC(=O)N[C@@H]1CN(C(=O)OCc2ccccc2)CC[C@H]1OS(C)(=O)=O. The Bertz CT molecular complexity index is 1760. The van der Waals surface area contributed by atoms with Gasteiger partial charge in [-0.2, -0.15) is 8.42 Å². The van der Waals surface area contributed by atoms with E-state index in [-0.39, 0.29) is 39.3 Å². The van der Waals surface area contributed by atoms with E-state index >= 15 is 0 Å². The van der Waals surface area contributed by atoms with Crippen molar-refractivity contribution in [3.63, 3.8) is 0 Å². The molecule has 0 radical (unpaired) electrons. The van der Waals surface area contributed by atoms with Crippen LogP contribution in [-0.4, -0.2) is 110 Å². The zero-order chi connectivity index (χ0) is 41.5. The molecule has 2 saturated heterocycles. The molecule has 2 aliphatic heterocycles. The van der Waals surface area contributed by atoms with Gasteiger partial charge in [0.15, 0.2) is 0 Å². The van der Waals surface area contributed by atoms with Gasteiger partial charge in [0, 0.05) is 31.1 Å². The molecule has 0 unspecified atom stereocenters. The largest absolute Gasteiger partial charge is 0.445 e. The lowest BCUT2D eigenvalue weighted by Crippen LogP contribution is -2.58. The number of alkyl carbamates (subject to hydrolysis) is 2. The van der Waals surface area contributed by atoms with Crippen molar-refractivity contribution in [2.45, 2.75) is 103 Å². The normalized spacial score (nSPS) is 19.8. The van der Waals surface area contributed by atoms with Crippen molar-refractivity contribution in [2.75, 3.05) is 32.4 Å². The number of azide groups is 1. The van der Waals surface area contributed by atoms with Crippen LogP contribution in [0.4, 0.5) is 19.2 Å². The lowest BCUT2D eigenvalue weighted by atomic mass is 10.0. The molecule has 2 N–H and O–H groups in total. The van der Waals surface area contributed by atoms with E-state index in [1.165, 1.54) is 9.80 Å². The van der Waals surface area contributed by atoms with E-state index in [0.717, 1.165) is 17.4 Å². The fraction of sp³-hybridized carbons (Fsp3) is 0.568. The molecule has 2 aromatic rings. The van der Waals surface area contributed by atoms with Gasteiger partial charge >= 0.3 is 24.4 Å². The minimum Gasteiger partial charge on any atom is -0.445 e. The fourth-order valence-electron chi connectivity index (χ4n) is 5.57. The molecule has 2 heterocycles. The van der Waals surface area contributed by atoms with Gasteiger partial charge < -0.3 is 39.4 Å². The van der Waals surface area contributed by atoms with Gasteiger partial charge in [0.05, 0.1) is 24.4 Å². The van der Waals surface area contributed by atoms with Crippen LogP contribution in [-0.2, 0) is 46.5 Å². The van der Waals surface area contributed by atoms with Crippen LogP contribution >= 0.6 is 0 Å². The predicted octanol–water partition coefficient (Wildman–Crippen LogP) is 5.87. The quantitative estimate of drug-likeness (QED) is 0.100. The number of nitrogens with one attached hydrogen (secondary N) is 2. The Hall–Kier alpha value is -5.26. The van der Waals surface area contributed by atoms with E-state index in [0.29, 0.717) is 13.0 Å². The summed E-state index contributed by atoms with van der Waals surface area (Å²) in [4.78, 5) is 54.7. The van der Waals surface area contributed by atoms with Crippen LogP contribution in [0.15, 0.2) is 65.8 Å². The van der Waals surface area contributed by atoms with Gasteiger partial charge in [-0.15, -0.1) is 0 Å². The van der Waals surface area contributed by atoms with E-state index in [9.17, 15) is 27.6 Å². The average Bonchev–Trinajstić information content (AvgIpc) is 3.10. The molecule has 2 aliphatic rings. The Morgan fingerprint density at radius 3 is 1.61 bits per heavy atom. The molecular formula is C37H53N7O11S. The fourth-order valence-corrected chi connectivity index (χ4v) is 6.24. The second-order valence-electron chi connectivity index (χ2n) is 15.2. The van der Waals surface area contributed by atoms with E-state index in [1.54, 1.807) is 41.5 Å². The summed E-state index contributed by atoms with van der Waals surface area (Å²) in [6.45, 7) is 11.5. The molecule has 0 bridgehead atoms. The minimum absolute atomic E-state index is 0.0348. The summed E-state index contributed by atoms with van der Waals surface area (Å²) < 4.78 is 49.4. The maximum absolute atomic E-state index is 12.4. The van der Waals surface area contributed by atoms with Crippen molar-refractivity contribution >= 4 is 34.5 Å². The molecule has 4 amide bonds. The standard InChI is InChI=1S/C19H28N2O7S.C18H25N5O4/c1-19(2,3)27-17(22)20-15-12-21(11-10-16(15)28-29(4,24)25)18(23)26-13-14-8-6-5-7-9-14;1-18(2,3)27-16(24)20-15-11-23(10-9-14(15)21-22-19)17(25)26-12-13-7-5-4-6-8-13/h5-9,15-16H,10-13H2,1-4H3,(H,20,22);4-8,14-15H,9-12H2,1-3H3,(H,20,24)/t15-,16-;14-,15+/m10/s1. The summed E-state index contributed by atoms with van der Waals surface area (Å²) >= 11 is 0. The monoisotopic (exact) mass is 803 g/mol. The van der Waals surface area contributed by atoms with Crippen LogP contribution in [0.3, 0.4) is 0 Å². The third-order valence-electron chi connectivity index (χ3n) is 7.96. The van der Waals surface area contributed by atoms with Crippen LogP contribution < -0.4 is 10.6 Å². The second-order valence-corrected chi connectivity index (χ2v) is 16.8. The molecular weight excluding hydrogens is 751 g/mol. The van der Waals surface area contributed by atoms with Gasteiger partial charge in [-0.05, 0) is 71.0 Å². The average molecular weight is 804 g/mol. The van der Waals surface area contributed by atoms with E-state index < -0.39 is 69.9 Å². The molecule has 0 aliphatic carbocycles. The molecule has 56 heavy (non-hydrogen) atoms. The summed E-state index contributed by atoms with van der Waals surface area (Å²) in [6.07, 6.45) is -1.60. The molecule has 4 atom stereocenters. The summed E-state index contributed by atoms with van der Waals surface area (Å²) in [5.74, 6) is 0. The molecule has 2 fully saturated rings. The highest BCUT2D eigenvalue weighted by atomic mass is 32.2. The zero-order valence-electron chi connectivity index (χ0n) is 32.9. The number of nitrogens with zero attached hydrogens (tertiary/aromatic N) is 5. The first kappa shape index (κ1) is 45.1. The highest BCUT2D eigenvalue weighted by molar-refractivity contribution is 7.86. The third-order valence-corrected chi connectivity index (χ3v) is 8.55. The molecule has 0 spiro atoms. The van der Waals surface area contributed by atoms with Crippen molar-refractivity contribution in [3.05, 3.63) is 82.2 Å². The number of hydrogen-bond donors (Lipinski definition) is 2. The summed E-state index contributed by atoms with van der Waals surface area (Å²) in [6, 6.07) is 16.8. The van der Waals surface area contributed by atoms with Crippen LogP contribution in [0.25, 0.3) is 10.4 Å². The third kappa shape index (κ3) is 17.0. The predicted molar refractivity (Wildman–Crippen MR) is 205 cm³/mol. The Labute approximate surface area is 327 Å². The number of ether oxygens (including phenoxy) is 4. The first-order valence-corrected chi connectivity index (χ1v) is 19.9.